The molecule has 2 aliphatic rings. The van der Waals surface area contributed by atoms with E-state index < -0.39 is 23.1 Å². The number of nitrogens with one attached hydrogen (secondary N) is 4. The minimum absolute atomic E-state index is 0.247. The smallest absolute Gasteiger partial charge is 0.322 e. The largest absolute Gasteiger partial charge is 0.323 e. The van der Waals surface area contributed by atoms with Gasteiger partial charge in [-0.2, -0.15) is 23.5 Å². The highest BCUT2D eigenvalue weighted by Gasteiger charge is 2.42. The molecule has 2 fully saturated rings. The van der Waals surface area contributed by atoms with Crippen molar-refractivity contribution in [1.29, 1.82) is 0 Å². The molecule has 2 aromatic carbocycles. The molecule has 2 aliphatic heterocycles. The van der Waals surface area contributed by atoms with Gasteiger partial charge in [0.15, 0.2) is 0 Å². The molecule has 6 amide bonds. The molecule has 0 aliphatic carbocycles. The lowest BCUT2D eigenvalue weighted by Crippen LogP contribution is -2.46. The zero-order chi connectivity index (χ0) is 24.6. The topological polar surface area (TPSA) is 116 Å². The number of amides is 6. The highest BCUT2D eigenvalue weighted by molar-refractivity contribution is 7.98. The van der Waals surface area contributed by atoms with Crippen LogP contribution in [0, 0.1) is 0 Å². The Kier molecular flexibility index (Phi) is 8.62. The van der Waals surface area contributed by atoms with Gasteiger partial charge in [-0.05, 0) is 25.0 Å². The predicted octanol–water partition coefficient (Wildman–Crippen LogP) is 3.04. The van der Waals surface area contributed by atoms with E-state index in [1.165, 1.54) is 11.1 Å². The Balaban J connectivity index is 0.000000191. The average Bonchev–Trinajstić information content (AvgIpc) is 3.21. The molecule has 0 bridgehead atoms. The van der Waals surface area contributed by atoms with Crippen molar-refractivity contribution >= 4 is 47.4 Å². The van der Waals surface area contributed by atoms with Crippen LogP contribution in [0.25, 0.3) is 0 Å². The van der Waals surface area contributed by atoms with Crippen LogP contribution in [0.5, 0.6) is 0 Å². The molecular weight excluding hydrogens is 472 g/mol. The van der Waals surface area contributed by atoms with Gasteiger partial charge in [0.25, 0.3) is 11.8 Å². The Morgan fingerprint density at radius 3 is 1.26 bits per heavy atom. The van der Waals surface area contributed by atoms with E-state index in [-0.39, 0.29) is 11.8 Å². The third-order valence-electron chi connectivity index (χ3n) is 5.24. The maximum absolute atomic E-state index is 11.5. The van der Waals surface area contributed by atoms with Crippen LogP contribution in [-0.2, 0) is 21.1 Å². The number of carbonyl (C=O) groups excluding carboxylic acids is 4. The summed E-state index contributed by atoms with van der Waals surface area (Å²) in [7, 11) is 0. The van der Waals surface area contributed by atoms with Crippen molar-refractivity contribution in [2.24, 2.45) is 0 Å². The fraction of sp³-hybridized carbons (Fsp3) is 0.333. The SMILES string of the molecule is CC1(CSCc2ccccc2)NC(=O)NC1=O.C[C@]1(CSCc2ccccc2)NC(=O)NC1=O. The Bertz CT molecular complexity index is 954. The number of benzene rings is 2. The van der Waals surface area contributed by atoms with Gasteiger partial charge in [-0.3, -0.25) is 20.2 Å². The maximum Gasteiger partial charge on any atom is 0.322 e. The van der Waals surface area contributed by atoms with E-state index in [1.54, 1.807) is 37.4 Å². The van der Waals surface area contributed by atoms with Crippen LogP contribution in [-0.4, -0.2) is 46.5 Å². The lowest BCUT2D eigenvalue weighted by Gasteiger charge is -2.19. The van der Waals surface area contributed by atoms with Crippen molar-refractivity contribution in [3.63, 3.8) is 0 Å². The van der Waals surface area contributed by atoms with Gasteiger partial charge in [0.05, 0.1) is 0 Å². The van der Waals surface area contributed by atoms with E-state index in [4.69, 9.17) is 0 Å². The number of hydrogen-bond acceptors (Lipinski definition) is 6. The highest BCUT2D eigenvalue weighted by atomic mass is 32.2. The number of urea groups is 2. The molecule has 2 atom stereocenters. The summed E-state index contributed by atoms with van der Waals surface area (Å²) in [6.45, 7) is 3.48. The Morgan fingerprint density at radius 2 is 0.971 bits per heavy atom. The van der Waals surface area contributed by atoms with E-state index in [9.17, 15) is 19.2 Å². The lowest BCUT2D eigenvalue weighted by atomic mass is 10.1. The molecule has 0 radical (unpaired) electrons. The summed E-state index contributed by atoms with van der Waals surface area (Å²) in [5, 5.41) is 9.80. The van der Waals surface area contributed by atoms with Crippen molar-refractivity contribution < 1.29 is 19.2 Å². The summed E-state index contributed by atoms with van der Waals surface area (Å²) in [4.78, 5) is 45.2. The van der Waals surface area contributed by atoms with Gasteiger partial charge in [-0.1, -0.05) is 60.7 Å². The van der Waals surface area contributed by atoms with Crippen molar-refractivity contribution in [3.05, 3.63) is 71.8 Å². The fourth-order valence-corrected chi connectivity index (χ4v) is 5.54. The van der Waals surface area contributed by atoms with Crippen molar-refractivity contribution in [1.82, 2.24) is 21.3 Å². The third kappa shape index (κ3) is 7.01. The van der Waals surface area contributed by atoms with Gasteiger partial charge in [0.2, 0.25) is 0 Å². The van der Waals surface area contributed by atoms with Crippen LogP contribution >= 0.6 is 23.5 Å². The van der Waals surface area contributed by atoms with Crippen molar-refractivity contribution in [2.45, 2.75) is 36.4 Å². The standard InChI is InChI=1S/2C12H14N2O2S/c2*1-12(10(15)13-11(16)14-12)8-17-7-9-5-3-2-4-6-9/h2*2-6H,7-8H2,1H3,(H2,13,14,15,16)/t12-;/m1./s1. The lowest BCUT2D eigenvalue weighted by molar-refractivity contribution is -0.123. The maximum atomic E-state index is 11.5. The van der Waals surface area contributed by atoms with Gasteiger partial charge in [0, 0.05) is 23.0 Å². The van der Waals surface area contributed by atoms with Crippen LogP contribution in [0.2, 0.25) is 0 Å². The molecule has 2 aromatic rings. The molecule has 34 heavy (non-hydrogen) atoms. The molecule has 8 nitrogen and oxygen atoms in total. The summed E-state index contributed by atoms with van der Waals surface area (Å²) in [6.07, 6.45) is 0. The monoisotopic (exact) mass is 500 g/mol. The zero-order valence-electron chi connectivity index (χ0n) is 19.1. The summed E-state index contributed by atoms with van der Waals surface area (Å²) < 4.78 is 0. The van der Waals surface area contributed by atoms with Crippen LogP contribution < -0.4 is 21.3 Å². The quantitative estimate of drug-likeness (QED) is 0.414. The molecule has 1 unspecified atom stereocenters. The van der Waals surface area contributed by atoms with Gasteiger partial charge < -0.3 is 10.6 Å². The molecule has 2 saturated heterocycles. The molecular formula is C24H28N4O4S2. The second-order valence-electron chi connectivity index (χ2n) is 8.44. The molecule has 4 rings (SSSR count). The number of thioether (sulfide) groups is 2. The van der Waals surface area contributed by atoms with Crippen LogP contribution in [0.3, 0.4) is 0 Å². The highest BCUT2D eigenvalue weighted by Crippen LogP contribution is 2.21. The molecule has 2 heterocycles. The van der Waals surface area contributed by atoms with E-state index in [0.717, 1.165) is 11.5 Å². The third-order valence-corrected chi connectivity index (χ3v) is 7.88. The molecule has 10 heteroatoms. The van der Waals surface area contributed by atoms with Gasteiger partial charge in [-0.15, -0.1) is 0 Å². The molecule has 0 spiro atoms. The number of carbonyl (C=O) groups is 4. The van der Waals surface area contributed by atoms with Gasteiger partial charge in [0.1, 0.15) is 11.1 Å². The number of rotatable bonds is 8. The molecule has 180 valence electrons. The zero-order valence-corrected chi connectivity index (χ0v) is 20.7. The van der Waals surface area contributed by atoms with Gasteiger partial charge in [-0.25, -0.2) is 9.59 Å². The van der Waals surface area contributed by atoms with Crippen LogP contribution in [0.4, 0.5) is 9.59 Å². The summed E-state index contributed by atoms with van der Waals surface area (Å²) >= 11 is 3.27. The molecule has 0 aromatic heterocycles. The molecule has 0 saturated carbocycles. The van der Waals surface area contributed by atoms with E-state index in [2.05, 4.69) is 21.3 Å². The first-order chi connectivity index (χ1) is 16.2. The van der Waals surface area contributed by atoms with Gasteiger partial charge >= 0.3 is 12.1 Å². The van der Waals surface area contributed by atoms with Crippen LogP contribution in [0.1, 0.15) is 25.0 Å². The van der Waals surface area contributed by atoms with Crippen molar-refractivity contribution in [2.75, 3.05) is 11.5 Å². The summed E-state index contributed by atoms with van der Waals surface area (Å²) in [5.41, 5.74) is 0.865. The first kappa shape index (κ1) is 25.6. The molecule has 4 N–H and O–H groups in total. The van der Waals surface area contributed by atoms with E-state index in [1.807, 2.05) is 60.7 Å². The van der Waals surface area contributed by atoms with E-state index in [0.29, 0.717) is 11.5 Å². The summed E-state index contributed by atoms with van der Waals surface area (Å²) in [6, 6.07) is 19.3. The average molecular weight is 501 g/mol. The normalized spacial score (nSPS) is 23.4. The van der Waals surface area contributed by atoms with Crippen LogP contribution in [0.15, 0.2) is 60.7 Å². The second kappa shape index (κ2) is 11.4. The fourth-order valence-electron chi connectivity index (χ4n) is 3.26. The van der Waals surface area contributed by atoms with Crippen molar-refractivity contribution in [3.8, 4) is 0 Å². The predicted molar refractivity (Wildman–Crippen MR) is 135 cm³/mol. The first-order valence-electron chi connectivity index (χ1n) is 10.7. The minimum atomic E-state index is -0.781. The summed E-state index contributed by atoms with van der Waals surface area (Å²) in [5.74, 6) is 2.31. The number of imide groups is 2. The minimum Gasteiger partial charge on any atom is -0.323 e. The van der Waals surface area contributed by atoms with E-state index >= 15 is 0 Å². The number of hydrogen-bond donors (Lipinski definition) is 4. The Labute approximate surface area is 207 Å². The second-order valence-corrected chi connectivity index (χ2v) is 10.4. The Morgan fingerprint density at radius 1 is 0.618 bits per heavy atom. The Hall–Kier alpha value is -2.98. The first-order valence-corrected chi connectivity index (χ1v) is 13.0.